The zero-order valence-corrected chi connectivity index (χ0v) is 34.6. The molecular formula is C47H57N9O3. The highest BCUT2D eigenvalue weighted by molar-refractivity contribution is 5.96. The van der Waals surface area contributed by atoms with Crippen LogP contribution in [0.4, 0.5) is 17.2 Å². The zero-order valence-electron chi connectivity index (χ0n) is 34.6. The summed E-state index contributed by atoms with van der Waals surface area (Å²) in [7, 11) is 0. The molecule has 2 aromatic heterocycles. The maximum absolute atomic E-state index is 14.0. The molecule has 1 amide bonds. The quantitative estimate of drug-likeness (QED) is 0.152. The Balaban J connectivity index is 0.793. The minimum atomic E-state index is -0.201. The van der Waals surface area contributed by atoms with E-state index in [-0.39, 0.29) is 17.8 Å². The van der Waals surface area contributed by atoms with E-state index < -0.39 is 0 Å². The third kappa shape index (κ3) is 7.77. The molecule has 3 aromatic carbocycles. The molecule has 0 spiro atoms. The van der Waals surface area contributed by atoms with Gasteiger partial charge in [0.05, 0.1) is 35.9 Å². The summed E-state index contributed by atoms with van der Waals surface area (Å²) in [6.07, 6.45) is 8.58. The Morgan fingerprint density at radius 2 is 1.71 bits per heavy atom. The highest BCUT2D eigenvalue weighted by Crippen LogP contribution is 2.38. The first kappa shape index (κ1) is 39.1. The van der Waals surface area contributed by atoms with Crippen molar-refractivity contribution in [2.75, 3.05) is 81.2 Å². The van der Waals surface area contributed by atoms with Crippen LogP contribution in [0.25, 0.3) is 22.2 Å². The fraction of sp³-hybridized carbons (Fsp3) is 0.426. The second-order valence-electron chi connectivity index (χ2n) is 16.9. The van der Waals surface area contributed by atoms with Crippen LogP contribution in [-0.2, 0) is 4.74 Å². The first-order chi connectivity index (χ1) is 28.7. The molecule has 12 nitrogen and oxygen atoms in total. The number of aryl methyl sites for hydroxylation is 1. The third-order valence-electron chi connectivity index (χ3n) is 13.3. The van der Waals surface area contributed by atoms with Crippen molar-refractivity contribution >= 4 is 34.0 Å². The molecule has 0 saturated carbocycles. The minimum Gasteiger partial charge on any atom is -0.507 e. The average Bonchev–Trinajstić information content (AvgIpc) is 3.61. The molecular weight excluding hydrogens is 739 g/mol. The Bertz CT molecular complexity index is 2360. The molecule has 0 radical (unpaired) electrons. The molecule has 3 saturated heterocycles. The van der Waals surface area contributed by atoms with E-state index in [1.165, 1.54) is 22.3 Å². The van der Waals surface area contributed by atoms with Crippen molar-refractivity contribution in [2.24, 2.45) is 5.92 Å². The predicted molar refractivity (Wildman–Crippen MR) is 235 cm³/mol. The second kappa shape index (κ2) is 16.7. The molecule has 5 aromatic rings. The molecule has 0 bridgehead atoms. The summed E-state index contributed by atoms with van der Waals surface area (Å²) < 4.78 is 8.92. The summed E-state index contributed by atoms with van der Waals surface area (Å²) in [5, 5.41) is 23.7. The number of likely N-dealkylation sites (tertiary alicyclic amines) is 2. The van der Waals surface area contributed by atoms with E-state index in [9.17, 15) is 9.90 Å². The molecule has 0 unspecified atom stereocenters. The number of phenolic OH excluding ortho intramolecular Hbond substituents is 1. The largest absolute Gasteiger partial charge is 0.507 e. The number of anilines is 3. The van der Waals surface area contributed by atoms with Crippen LogP contribution in [0.1, 0.15) is 70.6 Å². The predicted octanol–water partition coefficient (Wildman–Crippen LogP) is 6.96. The molecule has 308 valence electrons. The fourth-order valence-electron chi connectivity index (χ4n) is 9.93. The standard InChI is InChI=1S/C47H57N9O3/c1-31-26-39-41(55-19-7-18-49-30-55)9-6-10-42(39)56(31)35-16-20-52(21-17-35)28-34-14-22-53(23-15-34)47(58)37-13-12-36(32(2)33(37)3)45-29-54(24-25-59-45)43-27-40(50-51-46(43)48)38-8-4-5-11-44(38)57/h4-13,19,26-27,34-35,45,49,57H,14-18,20-25,28-30H2,1-3H3,(H2,48,51)/t45-/m0/s1. The van der Waals surface area contributed by atoms with E-state index in [0.29, 0.717) is 48.7 Å². The second-order valence-corrected chi connectivity index (χ2v) is 16.9. The number of nitrogens with one attached hydrogen (secondary N) is 1. The number of para-hydroxylation sites is 1. The van der Waals surface area contributed by atoms with Gasteiger partial charge in [-0.2, -0.15) is 0 Å². The summed E-state index contributed by atoms with van der Waals surface area (Å²) >= 11 is 0. The van der Waals surface area contributed by atoms with Gasteiger partial charge >= 0.3 is 0 Å². The molecule has 3 fully saturated rings. The topological polar surface area (TPSA) is 128 Å². The van der Waals surface area contributed by atoms with E-state index in [1.807, 2.05) is 24.3 Å². The number of hydrogen-bond donors (Lipinski definition) is 3. The van der Waals surface area contributed by atoms with Gasteiger partial charge in [-0.1, -0.05) is 30.3 Å². The van der Waals surface area contributed by atoms with Crippen molar-refractivity contribution in [2.45, 2.75) is 58.6 Å². The van der Waals surface area contributed by atoms with E-state index in [0.717, 1.165) is 99.6 Å². The number of morpholine rings is 1. The molecule has 4 aliphatic heterocycles. The Morgan fingerprint density at radius 1 is 0.898 bits per heavy atom. The van der Waals surface area contributed by atoms with Crippen molar-refractivity contribution < 1.29 is 14.6 Å². The molecule has 0 aliphatic carbocycles. The van der Waals surface area contributed by atoms with Crippen LogP contribution in [0.15, 0.2) is 79.0 Å². The normalized spacial score (nSPS) is 19.8. The lowest BCUT2D eigenvalue weighted by molar-refractivity contribution is 0.0393. The Kier molecular flexibility index (Phi) is 11.0. The Morgan fingerprint density at radius 3 is 2.49 bits per heavy atom. The van der Waals surface area contributed by atoms with Crippen molar-refractivity contribution in [3.05, 3.63) is 107 Å². The lowest BCUT2D eigenvalue weighted by Gasteiger charge is -2.38. The van der Waals surface area contributed by atoms with Crippen LogP contribution in [-0.4, -0.2) is 101 Å². The van der Waals surface area contributed by atoms with Crippen LogP contribution < -0.4 is 20.9 Å². The first-order valence-corrected chi connectivity index (χ1v) is 21.4. The summed E-state index contributed by atoms with van der Waals surface area (Å²) in [5.74, 6) is 1.21. The number of ether oxygens (including phenoxy) is 1. The van der Waals surface area contributed by atoms with Crippen molar-refractivity contribution in [3.63, 3.8) is 0 Å². The van der Waals surface area contributed by atoms with Crippen molar-refractivity contribution in [1.29, 1.82) is 0 Å². The third-order valence-corrected chi connectivity index (χ3v) is 13.3. The van der Waals surface area contributed by atoms with Gasteiger partial charge in [-0.25, -0.2) is 0 Å². The number of amides is 1. The van der Waals surface area contributed by atoms with Gasteiger partial charge in [-0.05, 0) is 112 Å². The molecule has 59 heavy (non-hydrogen) atoms. The molecule has 12 heteroatoms. The fourth-order valence-corrected chi connectivity index (χ4v) is 9.93. The van der Waals surface area contributed by atoms with E-state index in [4.69, 9.17) is 10.5 Å². The number of benzene rings is 3. The molecule has 9 rings (SSSR count). The zero-order chi connectivity index (χ0) is 40.6. The van der Waals surface area contributed by atoms with Crippen LogP contribution in [0.2, 0.25) is 0 Å². The lowest BCUT2D eigenvalue weighted by atomic mass is 9.91. The van der Waals surface area contributed by atoms with Crippen LogP contribution in [0.5, 0.6) is 5.75 Å². The van der Waals surface area contributed by atoms with Crippen LogP contribution in [0.3, 0.4) is 0 Å². The number of carbonyl (C=O) groups excluding carboxylic acids is 1. The van der Waals surface area contributed by atoms with E-state index in [2.05, 4.69) is 103 Å². The number of nitrogens with zero attached hydrogens (tertiary/aromatic N) is 7. The maximum atomic E-state index is 14.0. The van der Waals surface area contributed by atoms with Crippen molar-refractivity contribution in [3.8, 4) is 17.0 Å². The average molecular weight is 796 g/mol. The number of hydrogen-bond acceptors (Lipinski definition) is 10. The van der Waals surface area contributed by atoms with E-state index >= 15 is 0 Å². The number of aromatic hydroxyl groups is 1. The molecule has 6 heterocycles. The van der Waals surface area contributed by atoms with E-state index in [1.54, 1.807) is 12.1 Å². The number of phenols is 1. The number of rotatable bonds is 8. The molecule has 4 N–H and O–H groups in total. The van der Waals surface area contributed by atoms with Crippen LogP contribution >= 0.6 is 0 Å². The van der Waals surface area contributed by atoms with Gasteiger partial charge in [-0.3, -0.25) is 10.1 Å². The highest BCUT2D eigenvalue weighted by Gasteiger charge is 2.31. The first-order valence-electron chi connectivity index (χ1n) is 21.4. The van der Waals surface area contributed by atoms with Gasteiger partial charge < -0.3 is 39.7 Å². The minimum absolute atomic E-state index is 0.125. The smallest absolute Gasteiger partial charge is 0.254 e. The van der Waals surface area contributed by atoms with Crippen molar-refractivity contribution in [1.82, 2.24) is 29.9 Å². The number of carbonyl (C=O) groups is 1. The number of aromatic nitrogens is 3. The van der Waals surface area contributed by atoms with Gasteiger partial charge in [0, 0.05) is 86.8 Å². The number of piperidine rings is 2. The summed E-state index contributed by atoms with van der Waals surface area (Å²) in [4.78, 5) is 23.2. The number of nitrogens with two attached hydrogens (primary N) is 1. The molecule has 4 aliphatic rings. The monoisotopic (exact) mass is 795 g/mol. The number of nitrogen functional groups attached to an aromatic ring is 1. The summed E-state index contributed by atoms with van der Waals surface area (Å²) in [5.41, 5.74) is 16.2. The maximum Gasteiger partial charge on any atom is 0.254 e. The van der Waals surface area contributed by atoms with Gasteiger partial charge in [0.2, 0.25) is 0 Å². The Labute approximate surface area is 347 Å². The van der Waals surface area contributed by atoms with Crippen LogP contribution in [0, 0.1) is 26.7 Å². The van der Waals surface area contributed by atoms with Gasteiger partial charge in [-0.15, -0.1) is 10.2 Å². The van der Waals surface area contributed by atoms with Gasteiger partial charge in [0.25, 0.3) is 5.91 Å². The summed E-state index contributed by atoms with van der Waals surface area (Å²) in [6.45, 7) is 14.9. The highest BCUT2D eigenvalue weighted by atomic mass is 16.5. The SMILES string of the molecule is Cc1c(C(=O)N2CCC(CN3CCC(n4c(C)cc5c(N6C=CCNC6)cccc54)CC3)CC2)ccc([C@@H]2CN(c3cc(-c4ccccc4O)nnc3N)CCO2)c1C. The van der Waals surface area contributed by atoms with Gasteiger partial charge in [0.1, 0.15) is 11.9 Å². The number of fused-ring (bicyclic) bond motifs is 1. The Hall–Kier alpha value is -5.43. The summed E-state index contributed by atoms with van der Waals surface area (Å²) in [6, 6.07) is 22.7. The molecule has 1 atom stereocenters. The lowest BCUT2D eigenvalue weighted by Crippen LogP contribution is -2.43. The van der Waals surface area contributed by atoms with Gasteiger partial charge in [0.15, 0.2) is 5.82 Å².